The molecule has 1 aromatic rings. The smallest absolute Gasteiger partial charge is 0.417 e. The van der Waals surface area contributed by atoms with E-state index in [9.17, 15) is 14.7 Å². The molecule has 94 valence electrons. The van der Waals surface area contributed by atoms with Crippen molar-refractivity contribution in [1.82, 2.24) is 0 Å². The Kier molecular flexibility index (Phi) is 4.56. The molecule has 1 aromatic carbocycles. The summed E-state index contributed by atoms with van der Waals surface area (Å²) in [7, 11) is 1.29. The van der Waals surface area contributed by atoms with Crippen molar-refractivity contribution in [3.63, 3.8) is 0 Å². The molecule has 0 N–H and O–H groups in total. The van der Waals surface area contributed by atoms with Crippen LogP contribution in [0.1, 0.15) is 5.56 Å². The van der Waals surface area contributed by atoms with Crippen LogP contribution in [0.4, 0.5) is 5.69 Å². The molecule has 0 aliphatic heterocycles. The normalized spacial score (nSPS) is 14.1. The second-order valence-corrected chi connectivity index (χ2v) is 7.35. The molecule has 0 aliphatic rings. The molecule has 0 fully saturated rings. The van der Waals surface area contributed by atoms with Crippen LogP contribution in [0.2, 0.25) is 0 Å². The lowest BCUT2D eigenvalue weighted by Crippen LogP contribution is -1.94. The van der Waals surface area contributed by atoms with Crippen molar-refractivity contribution >= 4 is 23.9 Å². The summed E-state index contributed by atoms with van der Waals surface area (Å²) in [5.41, 5.74) is 0.435. The van der Waals surface area contributed by atoms with E-state index in [4.69, 9.17) is 9.05 Å². The van der Waals surface area contributed by atoms with Gasteiger partial charge in [0.1, 0.15) is 5.75 Å². The maximum absolute atomic E-state index is 11.8. The Labute approximate surface area is 103 Å². The Hall–Kier alpha value is -1.04. The van der Waals surface area contributed by atoms with Gasteiger partial charge in [0.2, 0.25) is 0 Å². The Balaban J connectivity index is 2.99. The van der Waals surface area contributed by atoms with Gasteiger partial charge in [0, 0.05) is 18.7 Å². The van der Waals surface area contributed by atoms with Crippen molar-refractivity contribution in [2.45, 2.75) is 6.92 Å². The third-order valence-corrected chi connectivity index (χ3v) is 5.37. The summed E-state index contributed by atoms with van der Waals surface area (Å²) in [5, 5.41) is 10.6. The molecule has 0 saturated carbocycles. The van der Waals surface area contributed by atoms with Gasteiger partial charge in [-0.1, -0.05) is 0 Å². The van der Waals surface area contributed by atoms with Crippen LogP contribution in [0.3, 0.4) is 0 Å². The van der Waals surface area contributed by atoms with Crippen LogP contribution in [0.25, 0.3) is 0 Å². The van der Waals surface area contributed by atoms with Crippen LogP contribution < -0.4 is 4.52 Å². The minimum absolute atomic E-state index is 0.00579. The summed E-state index contributed by atoms with van der Waals surface area (Å²) in [5.74, 6) is 0.285. The van der Waals surface area contributed by atoms with Crippen molar-refractivity contribution in [2.75, 3.05) is 13.4 Å². The maximum Gasteiger partial charge on any atom is 0.439 e. The zero-order chi connectivity index (χ0) is 13.1. The number of nitro groups is 1. The molecule has 1 unspecified atom stereocenters. The van der Waals surface area contributed by atoms with Crippen LogP contribution in [-0.4, -0.2) is 18.3 Å². The largest absolute Gasteiger partial charge is 0.439 e. The predicted octanol–water partition coefficient (Wildman–Crippen LogP) is 3.40. The molecule has 17 heavy (non-hydrogen) atoms. The van der Waals surface area contributed by atoms with Gasteiger partial charge in [0.15, 0.2) is 0 Å². The molecule has 0 heterocycles. The van der Waals surface area contributed by atoms with Crippen LogP contribution in [0.15, 0.2) is 18.2 Å². The highest BCUT2D eigenvalue weighted by molar-refractivity contribution is 8.54. The second-order valence-electron chi connectivity index (χ2n) is 3.11. The number of benzene rings is 1. The van der Waals surface area contributed by atoms with Gasteiger partial charge < -0.3 is 4.52 Å². The van der Waals surface area contributed by atoms with Gasteiger partial charge in [-0.25, -0.2) is 4.57 Å². The van der Waals surface area contributed by atoms with Gasteiger partial charge in [0.05, 0.1) is 4.92 Å². The predicted molar refractivity (Wildman–Crippen MR) is 66.6 cm³/mol. The highest BCUT2D eigenvalue weighted by atomic mass is 32.7. The molecule has 0 radical (unpaired) electrons. The molecule has 0 bridgehead atoms. The molecule has 6 nitrogen and oxygen atoms in total. The van der Waals surface area contributed by atoms with E-state index in [2.05, 4.69) is 0 Å². The fraction of sp³-hybridized carbons (Fsp3) is 0.333. The van der Waals surface area contributed by atoms with Gasteiger partial charge in [-0.3, -0.25) is 14.6 Å². The van der Waals surface area contributed by atoms with Crippen LogP contribution >= 0.6 is 18.2 Å². The molecule has 1 atom stereocenters. The quantitative estimate of drug-likeness (QED) is 0.466. The summed E-state index contributed by atoms with van der Waals surface area (Å²) >= 11 is 0.961. The number of hydrogen-bond acceptors (Lipinski definition) is 6. The first-order valence-electron chi connectivity index (χ1n) is 4.58. The van der Waals surface area contributed by atoms with Crippen molar-refractivity contribution in [3.8, 4) is 5.75 Å². The minimum atomic E-state index is -3.21. The Bertz CT molecular complexity index is 470. The highest BCUT2D eigenvalue weighted by Crippen LogP contribution is 2.58. The SMILES string of the molecule is COP(=O)(Oc1ccc([N+](=O)[O-])c(C)c1)SC. The van der Waals surface area contributed by atoms with Crippen molar-refractivity contribution in [2.24, 2.45) is 0 Å². The monoisotopic (exact) mass is 277 g/mol. The lowest BCUT2D eigenvalue weighted by molar-refractivity contribution is -0.385. The molecular weight excluding hydrogens is 265 g/mol. The first-order valence-corrected chi connectivity index (χ1v) is 7.95. The second kappa shape index (κ2) is 5.53. The van der Waals surface area contributed by atoms with Gasteiger partial charge in [-0.05, 0) is 36.7 Å². The van der Waals surface area contributed by atoms with Gasteiger partial charge in [0.25, 0.3) is 5.69 Å². The fourth-order valence-electron chi connectivity index (χ4n) is 1.17. The van der Waals surface area contributed by atoms with E-state index in [0.717, 1.165) is 11.4 Å². The van der Waals surface area contributed by atoms with Crippen molar-refractivity contribution in [3.05, 3.63) is 33.9 Å². The van der Waals surface area contributed by atoms with E-state index < -0.39 is 11.7 Å². The van der Waals surface area contributed by atoms with E-state index in [0.29, 0.717) is 5.56 Å². The zero-order valence-corrected chi connectivity index (χ0v) is 11.3. The van der Waals surface area contributed by atoms with Gasteiger partial charge in [-0.15, -0.1) is 0 Å². The Morgan fingerprint density at radius 3 is 2.53 bits per heavy atom. The number of nitrogens with zero attached hydrogens (tertiary/aromatic N) is 1. The molecule has 0 spiro atoms. The van der Waals surface area contributed by atoms with E-state index >= 15 is 0 Å². The first-order chi connectivity index (χ1) is 7.91. The first kappa shape index (κ1) is 14.0. The van der Waals surface area contributed by atoms with E-state index in [1.54, 1.807) is 13.2 Å². The number of hydrogen-bond donors (Lipinski definition) is 0. The molecule has 0 aliphatic carbocycles. The molecule has 1 rings (SSSR count). The number of aryl methyl sites for hydroxylation is 1. The third-order valence-electron chi connectivity index (χ3n) is 2.03. The lowest BCUT2D eigenvalue weighted by Gasteiger charge is -2.14. The fourth-order valence-corrected chi connectivity index (χ4v) is 2.77. The average molecular weight is 277 g/mol. The Morgan fingerprint density at radius 2 is 2.12 bits per heavy atom. The van der Waals surface area contributed by atoms with Crippen LogP contribution in [0, 0.1) is 17.0 Å². The van der Waals surface area contributed by atoms with Crippen LogP contribution in [-0.2, 0) is 9.09 Å². The summed E-state index contributed by atoms with van der Waals surface area (Å²) in [6.45, 7) is -1.63. The molecular formula is C9H12NO5PS. The minimum Gasteiger partial charge on any atom is -0.417 e. The van der Waals surface area contributed by atoms with Crippen molar-refractivity contribution in [1.29, 1.82) is 0 Å². The Morgan fingerprint density at radius 1 is 1.47 bits per heavy atom. The zero-order valence-electron chi connectivity index (χ0n) is 9.58. The van der Waals surface area contributed by atoms with Gasteiger partial charge >= 0.3 is 6.80 Å². The summed E-state index contributed by atoms with van der Waals surface area (Å²) in [4.78, 5) is 10.1. The van der Waals surface area contributed by atoms with E-state index in [1.807, 2.05) is 0 Å². The highest BCUT2D eigenvalue weighted by Gasteiger charge is 2.24. The molecule has 0 aromatic heterocycles. The van der Waals surface area contributed by atoms with Crippen molar-refractivity contribution < 1.29 is 18.5 Å². The van der Waals surface area contributed by atoms with Gasteiger partial charge in [-0.2, -0.15) is 0 Å². The van der Waals surface area contributed by atoms with E-state index in [-0.39, 0.29) is 11.4 Å². The standard InChI is InChI=1S/C9H12NO5PS/c1-7-6-8(4-5-9(7)10(11)12)15-16(13,14-2)17-3/h4-6H,1-3H3. The van der Waals surface area contributed by atoms with E-state index in [1.165, 1.54) is 25.3 Å². The maximum atomic E-state index is 11.8. The lowest BCUT2D eigenvalue weighted by atomic mass is 10.2. The number of rotatable bonds is 5. The summed E-state index contributed by atoms with van der Waals surface area (Å²) in [6, 6.07) is 4.16. The topological polar surface area (TPSA) is 78.7 Å². The van der Waals surface area contributed by atoms with Crippen LogP contribution in [0.5, 0.6) is 5.75 Å². The average Bonchev–Trinajstić information content (AvgIpc) is 2.28. The summed E-state index contributed by atoms with van der Waals surface area (Å²) < 4.78 is 21.8. The number of nitro benzene ring substituents is 1. The molecule has 0 amide bonds. The summed E-state index contributed by atoms with van der Waals surface area (Å²) in [6.07, 6.45) is 1.60. The third kappa shape index (κ3) is 3.46. The molecule has 0 saturated heterocycles. The molecule has 8 heteroatoms.